The number of carbonyl (C=O) groups is 2. The summed E-state index contributed by atoms with van der Waals surface area (Å²) in [5.74, 6) is -0.786. The molecule has 1 aromatic heterocycles. The van der Waals surface area contributed by atoms with Crippen LogP contribution in [-0.2, 0) is 4.79 Å². The number of nitrogens with one attached hydrogen (secondary N) is 1. The van der Waals surface area contributed by atoms with Crippen molar-refractivity contribution in [3.05, 3.63) is 24.0 Å². The molecule has 1 atom stereocenters. The van der Waals surface area contributed by atoms with Crippen molar-refractivity contribution in [3.63, 3.8) is 0 Å². The first kappa shape index (κ1) is 8.71. The molecule has 3 heteroatoms. The number of carbonyl (C=O) groups excluding carboxylic acids is 2. The van der Waals surface area contributed by atoms with Crippen molar-refractivity contribution in [2.45, 2.75) is 13.8 Å². The molecule has 1 N–H and O–H groups in total. The highest BCUT2D eigenvalue weighted by Crippen LogP contribution is 2.06. The summed E-state index contributed by atoms with van der Waals surface area (Å²) in [5.41, 5.74) is 0.498. The van der Waals surface area contributed by atoms with Crippen molar-refractivity contribution in [1.29, 1.82) is 0 Å². The van der Waals surface area contributed by atoms with E-state index in [0.717, 1.165) is 0 Å². The van der Waals surface area contributed by atoms with Crippen molar-refractivity contribution in [2.75, 3.05) is 0 Å². The van der Waals surface area contributed by atoms with E-state index in [1.54, 1.807) is 25.3 Å². The molecular weight excluding hydrogens is 154 g/mol. The van der Waals surface area contributed by atoms with Gasteiger partial charge in [-0.05, 0) is 26.0 Å². The third-order valence-electron chi connectivity index (χ3n) is 1.87. The fourth-order valence-corrected chi connectivity index (χ4v) is 0.901. The van der Waals surface area contributed by atoms with Crippen molar-refractivity contribution in [3.8, 4) is 0 Å². The van der Waals surface area contributed by atoms with E-state index in [-0.39, 0.29) is 11.6 Å². The minimum atomic E-state index is -0.538. The molecule has 1 heterocycles. The van der Waals surface area contributed by atoms with Gasteiger partial charge >= 0.3 is 0 Å². The molecule has 0 aliphatic rings. The van der Waals surface area contributed by atoms with Crippen molar-refractivity contribution >= 4 is 11.6 Å². The Morgan fingerprint density at radius 1 is 1.50 bits per heavy atom. The van der Waals surface area contributed by atoms with Crippen LogP contribution in [0.5, 0.6) is 0 Å². The van der Waals surface area contributed by atoms with Gasteiger partial charge in [0.05, 0.1) is 11.6 Å². The van der Waals surface area contributed by atoms with Gasteiger partial charge in [0.2, 0.25) is 0 Å². The molecule has 0 spiro atoms. The Labute approximate surface area is 70.8 Å². The number of aromatic nitrogens is 1. The van der Waals surface area contributed by atoms with Crippen LogP contribution in [0.25, 0.3) is 0 Å². The molecule has 12 heavy (non-hydrogen) atoms. The lowest BCUT2D eigenvalue weighted by Crippen LogP contribution is -2.18. The van der Waals surface area contributed by atoms with Crippen LogP contribution >= 0.6 is 0 Å². The monoisotopic (exact) mass is 165 g/mol. The van der Waals surface area contributed by atoms with Crippen LogP contribution in [0.15, 0.2) is 18.3 Å². The number of rotatable bonds is 3. The Bertz CT molecular complexity index is 287. The SMILES string of the molecule is CC(=O)C(C)C(=O)c1ccc[nH]1. The molecule has 3 nitrogen and oxygen atoms in total. The second-order valence-corrected chi connectivity index (χ2v) is 2.78. The molecule has 1 aromatic rings. The van der Waals surface area contributed by atoms with E-state index in [4.69, 9.17) is 0 Å². The third kappa shape index (κ3) is 1.61. The van der Waals surface area contributed by atoms with E-state index in [2.05, 4.69) is 4.98 Å². The average molecular weight is 165 g/mol. The first-order valence-electron chi connectivity index (χ1n) is 3.81. The van der Waals surface area contributed by atoms with Gasteiger partial charge in [0, 0.05) is 6.20 Å². The molecule has 0 radical (unpaired) electrons. The van der Waals surface area contributed by atoms with Gasteiger partial charge in [-0.3, -0.25) is 9.59 Å². The zero-order valence-electron chi connectivity index (χ0n) is 7.13. The van der Waals surface area contributed by atoms with Crippen molar-refractivity contribution < 1.29 is 9.59 Å². The second kappa shape index (κ2) is 3.34. The van der Waals surface area contributed by atoms with Gasteiger partial charge < -0.3 is 4.98 Å². The zero-order chi connectivity index (χ0) is 9.14. The largest absolute Gasteiger partial charge is 0.359 e. The molecule has 0 bridgehead atoms. The molecule has 0 fully saturated rings. The highest BCUT2D eigenvalue weighted by Gasteiger charge is 2.19. The number of ketones is 2. The Morgan fingerprint density at radius 3 is 2.58 bits per heavy atom. The second-order valence-electron chi connectivity index (χ2n) is 2.78. The van der Waals surface area contributed by atoms with Crippen LogP contribution < -0.4 is 0 Å². The summed E-state index contributed by atoms with van der Waals surface area (Å²) in [6.07, 6.45) is 1.67. The highest BCUT2D eigenvalue weighted by atomic mass is 16.1. The van der Waals surface area contributed by atoms with E-state index >= 15 is 0 Å². The van der Waals surface area contributed by atoms with E-state index < -0.39 is 5.92 Å². The smallest absolute Gasteiger partial charge is 0.189 e. The molecule has 64 valence electrons. The quantitative estimate of drug-likeness (QED) is 0.544. The van der Waals surface area contributed by atoms with Gasteiger partial charge in [0.25, 0.3) is 0 Å². The number of Topliss-reactive ketones (excluding diaryl/α,β-unsaturated/α-hetero) is 2. The molecular formula is C9H11NO2. The Kier molecular flexibility index (Phi) is 2.43. The summed E-state index contributed by atoms with van der Waals surface area (Å²) in [7, 11) is 0. The lowest BCUT2D eigenvalue weighted by Gasteiger charge is -2.03. The molecule has 1 unspecified atom stereocenters. The Balaban J connectivity index is 2.79. The van der Waals surface area contributed by atoms with Crippen LogP contribution in [0.4, 0.5) is 0 Å². The van der Waals surface area contributed by atoms with E-state index in [1.807, 2.05) is 0 Å². The minimum absolute atomic E-state index is 0.102. The van der Waals surface area contributed by atoms with Crippen molar-refractivity contribution in [1.82, 2.24) is 4.98 Å². The Hall–Kier alpha value is -1.38. The number of aromatic amines is 1. The van der Waals surface area contributed by atoms with Gasteiger partial charge in [-0.2, -0.15) is 0 Å². The number of hydrogen-bond donors (Lipinski definition) is 1. The summed E-state index contributed by atoms with van der Waals surface area (Å²) in [6.45, 7) is 3.04. The summed E-state index contributed by atoms with van der Waals surface area (Å²) in [5, 5.41) is 0. The predicted molar refractivity (Wildman–Crippen MR) is 45.0 cm³/mol. The van der Waals surface area contributed by atoms with E-state index in [1.165, 1.54) is 6.92 Å². The molecule has 0 saturated heterocycles. The standard InChI is InChI=1S/C9H11NO2/c1-6(7(2)11)9(12)8-4-3-5-10-8/h3-6,10H,1-2H3. The first-order chi connectivity index (χ1) is 5.63. The molecule has 0 saturated carbocycles. The Morgan fingerprint density at radius 2 is 2.17 bits per heavy atom. The number of H-pyrrole nitrogens is 1. The van der Waals surface area contributed by atoms with Crippen molar-refractivity contribution in [2.24, 2.45) is 5.92 Å². The summed E-state index contributed by atoms with van der Waals surface area (Å²) in [4.78, 5) is 25.0. The fraction of sp³-hybridized carbons (Fsp3) is 0.333. The van der Waals surface area contributed by atoms with Gasteiger partial charge in [-0.15, -0.1) is 0 Å². The average Bonchev–Trinajstić information content (AvgIpc) is 2.53. The predicted octanol–water partition coefficient (Wildman–Crippen LogP) is 1.42. The fourth-order valence-electron chi connectivity index (χ4n) is 0.901. The maximum atomic E-state index is 11.4. The molecule has 0 aliphatic carbocycles. The maximum Gasteiger partial charge on any atom is 0.189 e. The van der Waals surface area contributed by atoms with E-state index in [9.17, 15) is 9.59 Å². The zero-order valence-corrected chi connectivity index (χ0v) is 7.13. The lowest BCUT2D eigenvalue weighted by atomic mass is 10.0. The van der Waals surface area contributed by atoms with Gasteiger partial charge in [-0.25, -0.2) is 0 Å². The molecule has 0 aromatic carbocycles. The molecule has 1 rings (SSSR count). The maximum absolute atomic E-state index is 11.4. The van der Waals surface area contributed by atoms with Crippen LogP contribution in [0.3, 0.4) is 0 Å². The lowest BCUT2D eigenvalue weighted by molar-refractivity contribution is -0.118. The minimum Gasteiger partial charge on any atom is -0.359 e. The summed E-state index contributed by atoms with van der Waals surface area (Å²) >= 11 is 0. The van der Waals surface area contributed by atoms with Gasteiger partial charge in [0.1, 0.15) is 5.78 Å². The van der Waals surface area contributed by atoms with Crippen LogP contribution in [-0.4, -0.2) is 16.6 Å². The highest BCUT2D eigenvalue weighted by molar-refractivity contribution is 6.08. The van der Waals surface area contributed by atoms with Gasteiger partial charge in [0.15, 0.2) is 5.78 Å². The van der Waals surface area contributed by atoms with Crippen LogP contribution in [0.2, 0.25) is 0 Å². The third-order valence-corrected chi connectivity index (χ3v) is 1.87. The summed E-state index contributed by atoms with van der Waals surface area (Å²) in [6, 6.07) is 3.40. The van der Waals surface area contributed by atoms with Gasteiger partial charge in [-0.1, -0.05) is 0 Å². The first-order valence-corrected chi connectivity index (χ1v) is 3.81. The normalized spacial score (nSPS) is 12.5. The van der Waals surface area contributed by atoms with E-state index in [0.29, 0.717) is 5.69 Å². The topological polar surface area (TPSA) is 49.9 Å². The molecule has 0 aliphatic heterocycles. The molecule has 0 amide bonds. The van der Waals surface area contributed by atoms with Crippen LogP contribution in [0.1, 0.15) is 24.3 Å². The number of hydrogen-bond acceptors (Lipinski definition) is 2. The summed E-state index contributed by atoms with van der Waals surface area (Å²) < 4.78 is 0. The van der Waals surface area contributed by atoms with Crippen LogP contribution in [0, 0.1) is 5.92 Å².